The van der Waals surface area contributed by atoms with Crippen LogP contribution in [0.5, 0.6) is 0 Å². The molecule has 1 aliphatic carbocycles. The van der Waals surface area contributed by atoms with Crippen LogP contribution >= 0.6 is 0 Å². The van der Waals surface area contributed by atoms with Crippen LogP contribution in [0.3, 0.4) is 0 Å². The van der Waals surface area contributed by atoms with Crippen LogP contribution in [0.2, 0.25) is 19.6 Å². The Morgan fingerprint density at radius 3 is 2.28 bits per heavy atom. The molecule has 1 heterocycles. The standard InChI is InChI=1S/C29H36NSi.Ir/c1-20-9-10-22(27-19-23(13-16-30-27)31(6,7)8)17-24(20)21-11-12-25-26(18-21)29(4,5)15-14-28(25,2)3;/h9,11-13,16-19H,14-15H2,1-8H3;/q-1;/i1D3;. The maximum Gasteiger partial charge on any atom is 0.0767 e. The quantitative estimate of drug-likeness (QED) is 0.219. The predicted molar refractivity (Wildman–Crippen MR) is 137 cm³/mol. The van der Waals surface area contributed by atoms with E-state index in [1.807, 2.05) is 12.3 Å². The minimum atomic E-state index is -2.22. The van der Waals surface area contributed by atoms with Gasteiger partial charge in [-0.25, -0.2) is 0 Å². The van der Waals surface area contributed by atoms with Gasteiger partial charge in [-0.3, -0.25) is 0 Å². The van der Waals surface area contributed by atoms with Crippen molar-refractivity contribution in [2.75, 3.05) is 0 Å². The fraction of sp³-hybridized carbons (Fsp3) is 0.414. The van der Waals surface area contributed by atoms with E-state index in [0.29, 0.717) is 5.56 Å². The Labute approximate surface area is 213 Å². The molecule has 0 bridgehead atoms. The molecule has 0 spiro atoms. The molecule has 1 nitrogen and oxygen atoms in total. The minimum absolute atomic E-state index is 0. The van der Waals surface area contributed by atoms with E-state index in [0.717, 1.165) is 35.2 Å². The molecule has 0 saturated carbocycles. The van der Waals surface area contributed by atoms with Crippen molar-refractivity contribution < 1.29 is 24.2 Å². The number of pyridine rings is 1. The van der Waals surface area contributed by atoms with Gasteiger partial charge < -0.3 is 4.98 Å². The van der Waals surface area contributed by atoms with Gasteiger partial charge in [0, 0.05) is 30.4 Å². The first kappa shape index (κ1) is 21.0. The van der Waals surface area contributed by atoms with Crippen LogP contribution < -0.4 is 5.19 Å². The summed E-state index contributed by atoms with van der Waals surface area (Å²) in [4.78, 5) is 4.61. The first-order chi connectivity index (χ1) is 15.6. The number of benzene rings is 2. The minimum Gasteiger partial charge on any atom is -0.305 e. The first-order valence-corrected chi connectivity index (χ1v) is 14.8. The van der Waals surface area contributed by atoms with Crippen molar-refractivity contribution in [3.8, 4) is 22.4 Å². The molecule has 0 saturated heterocycles. The van der Waals surface area contributed by atoms with E-state index in [9.17, 15) is 0 Å². The van der Waals surface area contributed by atoms with E-state index in [1.165, 1.54) is 16.3 Å². The van der Waals surface area contributed by atoms with E-state index < -0.39 is 14.9 Å². The van der Waals surface area contributed by atoms with Crippen LogP contribution in [0.4, 0.5) is 0 Å². The Kier molecular flexibility index (Phi) is 5.69. The normalized spacial score (nSPS) is 18.5. The SMILES string of the molecule is [2H]C([2H])([2H])c1c[c-]c(-c2cc([Si](C)(C)C)ccn2)cc1-c1ccc2c(c1)C(C)(C)CCC2(C)C.[Ir]. The summed E-state index contributed by atoms with van der Waals surface area (Å²) >= 11 is 0. The van der Waals surface area contributed by atoms with Gasteiger partial charge in [-0.15, -0.1) is 29.3 Å². The van der Waals surface area contributed by atoms with E-state index in [-0.39, 0.29) is 30.9 Å². The summed E-state index contributed by atoms with van der Waals surface area (Å²) in [7, 11) is -1.51. The van der Waals surface area contributed by atoms with Gasteiger partial charge in [-0.1, -0.05) is 89.2 Å². The molecule has 1 radical (unpaired) electrons. The van der Waals surface area contributed by atoms with Gasteiger partial charge in [0.15, 0.2) is 0 Å². The van der Waals surface area contributed by atoms with Gasteiger partial charge >= 0.3 is 0 Å². The predicted octanol–water partition coefficient (Wildman–Crippen LogP) is 7.42. The maximum absolute atomic E-state index is 8.19. The average molecular weight is 622 g/mol. The summed E-state index contributed by atoms with van der Waals surface area (Å²) in [5.41, 5.74) is 6.58. The van der Waals surface area contributed by atoms with E-state index in [4.69, 9.17) is 4.11 Å². The van der Waals surface area contributed by atoms with Crippen molar-refractivity contribution in [3.05, 3.63) is 71.4 Å². The molecular formula is C29H36IrNSi-. The molecule has 4 rings (SSSR count). The van der Waals surface area contributed by atoms with E-state index >= 15 is 0 Å². The van der Waals surface area contributed by atoms with Crippen LogP contribution in [0.25, 0.3) is 22.4 Å². The third-order valence-electron chi connectivity index (χ3n) is 7.02. The summed E-state index contributed by atoms with van der Waals surface area (Å²) in [5.74, 6) is 0. The average Bonchev–Trinajstić information content (AvgIpc) is 2.75. The van der Waals surface area contributed by atoms with Crippen molar-refractivity contribution >= 4 is 13.3 Å². The van der Waals surface area contributed by atoms with Crippen LogP contribution in [-0.4, -0.2) is 13.1 Å². The van der Waals surface area contributed by atoms with Crippen molar-refractivity contribution in [3.63, 3.8) is 0 Å². The fourth-order valence-electron chi connectivity index (χ4n) is 4.68. The molecule has 1 aromatic heterocycles. The number of fused-ring (bicyclic) bond motifs is 1. The molecule has 2 aromatic carbocycles. The number of aryl methyl sites for hydroxylation is 1. The monoisotopic (exact) mass is 622 g/mol. The van der Waals surface area contributed by atoms with Gasteiger partial charge in [-0.05, 0) is 52.1 Å². The molecule has 32 heavy (non-hydrogen) atoms. The molecular weight excluding hydrogens is 583 g/mol. The summed E-state index contributed by atoms with van der Waals surface area (Å²) in [6.45, 7) is 13.9. The summed E-state index contributed by atoms with van der Waals surface area (Å²) in [5, 5.41) is 1.32. The zero-order valence-electron chi connectivity index (χ0n) is 23.3. The molecule has 0 unspecified atom stereocenters. The number of hydrogen-bond donors (Lipinski definition) is 0. The maximum atomic E-state index is 8.19. The summed E-state index contributed by atoms with van der Waals surface area (Å²) in [6, 6.07) is 17.6. The number of nitrogens with zero attached hydrogens (tertiary/aromatic N) is 1. The van der Waals surface area contributed by atoms with Gasteiger partial charge in [-0.2, -0.15) is 0 Å². The van der Waals surface area contributed by atoms with E-state index in [2.05, 4.69) is 88.7 Å². The molecule has 0 N–H and O–H groups in total. The van der Waals surface area contributed by atoms with Gasteiger partial charge in [0.2, 0.25) is 0 Å². The van der Waals surface area contributed by atoms with Crippen LogP contribution in [-0.2, 0) is 30.9 Å². The Balaban J connectivity index is 0.00000342. The largest absolute Gasteiger partial charge is 0.305 e. The zero-order chi connectivity index (χ0) is 25.1. The molecule has 1 aliphatic rings. The molecule has 3 heteroatoms. The second-order valence-corrected chi connectivity index (χ2v) is 16.5. The Morgan fingerprint density at radius 1 is 0.938 bits per heavy atom. The Bertz CT molecular complexity index is 1240. The fourth-order valence-corrected chi connectivity index (χ4v) is 5.82. The molecule has 0 atom stereocenters. The first-order valence-electron chi connectivity index (χ1n) is 12.8. The van der Waals surface area contributed by atoms with Crippen LogP contribution in [0.1, 0.15) is 61.3 Å². The van der Waals surface area contributed by atoms with Crippen molar-refractivity contribution in [1.29, 1.82) is 0 Å². The van der Waals surface area contributed by atoms with Gasteiger partial charge in [0.05, 0.1) is 8.07 Å². The van der Waals surface area contributed by atoms with Crippen LogP contribution in [0.15, 0.2) is 48.7 Å². The van der Waals surface area contributed by atoms with E-state index in [1.54, 1.807) is 6.07 Å². The third kappa shape index (κ3) is 4.71. The molecule has 0 amide bonds. The molecule has 171 valence electrons. The topological polar surface area (TPSA) is 12.9 Å². The van der Waals surface area contributed by atoms with Gasteiger partial charge in [0.1, 0.15) is 0 Å². The molecule has 0 aliphatic heterocycles. The number of aromatic nitrogens is 1. The van der Waals surface area contributed by atoms with Crippen molar-refractivity contribution in [2.45, 2.75) is 77.9 Å². The molecule has 3 aromatic rings. The second kappa shape index (κ2) is 8.67. The molecule has 0 fully saturated rings. The smallest absolute Gasteiger partial charge is 0.0767 e. The second-order valence-electron chi connectivity index (χ2n) is 11.4. The number of rotatable bonds is 3. The third-order valence-corrected chi connectivity index (χ3v) is 9.06. The van der Waals surface area contributed by atoms with Crippen LogP contribution in [0, 0.1) is 12.9 Å². The zero-order valence-corrected chi connectivity index (χ0v) is 23.7. The van der Waals surface area contributed by atoms with Gasteiger partial charge in [0.25, 0.3) is 0 Å². The number of hydrogen-bond acceptors (Lipinski definition) is 1. The van der Waals surface area contributed by atoms with Crippen molar-refractivity contribution in [1.82, 2.24) is 4.98 Å². The Hall–Kier alpha value is -1.54. The van der Waals surface area contributed by atoms with Crippen molar-refractivity contribution in [2.24, 2.45) is 0 Å². The summed E-state index contributed by atoms with van der Waals surface area (Å²) in [6.07, 6.45) is 4.12. The Morgan fingerprint density at radius 2 is 1.62 bits per heavy atom. The summed E-state index contributed by atoms with van der Waals surface area (Å²) < 4.78 is 24.6.